The van der Waals surface area contributed by atoms with Crippen LogP contribution in [0, 0.1) is 5.92 Å². The third kappa shape index (κ3) is 1.95. The fraction of sp³-hybridized carbons (Fsp3) is 0.222. The molecule has 0 aliphatic heterocycles. The minimum Gasteiger partial charge on any atom is -0.398 e. The van der Waals surface area contributed by atoms with Crippen LogP contribution in [-0.2, 0) is 0 Å². The molecular formula is C18H19N. The Morgan fingerprint density at radius 3 is 2.42 bits per heavy atom. The van der Waals surface area contributed by atoms with Crippen LogP contribution < -0.4 is 16.2 Å². The predicted molar refractivity (Wildman–Crippen MR) is 80.9 cm³/mol. The molecule has 2 atom stereocenters. The average Bonchev–Trinajstić information content (AvgIpc) is 2.45. The van der Waals surface area contributed by atoms with Crippen LogP contribution >= 0.6 is 0 Å². The van der Waals surface area contributed by atoms with E-state index in [9.17, 15) is 0 Å². The van der Waals surface area contributed by atoms with Crippen LogP contribution in [0.25, 0.3) is 11.8 Å². The maximum atomic E-state index is 6.43. The van der Waals surface area contributed by atoms with Crippen LogP contribution in [0.5, 0.6) is 0 Å². The van der Waals surface area contributed by atoms with Crippen LogP contribution in [0.15, 0.2) is 48.5 Å². The van der Waals surface area contributed by atoms with Crippen molar-refractivity contribution in [3.8, 4) is 0 Å². The zero-order valence-electron chi connectivity index (χ0n) is 11.4. The van der Waals surface area contributed by atoms with Crippen molar-refractivity contribution in [3.63, 3.8) is 0 Å². The van der Waals surface area contributed by atoms with Gasteiger partial charge in [-0.3, -0.25) is 0 Å². The van der Waals surface area contributed by atoms with E-state index in [0.29, 0.717) is 11.8 Å². The largest absolute Gasteiger partial charge is 0.398 e. The van der Waals surface area contributed by atoms with Gasteiger partial charge in [-0.2, -0.15) is 0 Å². The van der Waals surface area contributed by atoms with Crippen molar-refractivity contribution in [1.82, 2.24) is 0 Å². The van der Waals surface area contributed by atoms with E-state index in [1.165, 1.54) is 16.3 Å². The number of hydrogen-bond acceptors (Lipinski definition) is 1. The van der Waals surface area contributed by atoms with Gasteiger partial charge < -0.3 is 5.73 Å². The molecule has 0 bridgehead atoms. The fourth-order valence-electron chi connectivity index (χ4n) is 2.88. The molecule has 3 rings (SSSR count). The second-order valence-electron chi connectivity index (χ2n) is 5.40. The van der Waals surface area contributed by atoms with Gasteiger partial charge in [0.2, 0.25) is 0 Å². The lowest BCUT2D eigenvalue weighted by Crippen LogP contribution is -2.32. The van der Waals surface area contributed by atoms with Crippen LogP contribution in [-0.4, -0.2) is 0 Å². The van der Waals surface area contributed by atoms with Crippen molar-refractivity contribution in [2.45, 2.75) is 19.8 Å². The second kappa shape index (κ2) is 4.58. The molecule has 0 heterocycles. The average molecular weight is 249 g/mol. The first-order valence-corrected chi connectivity index (χ1v) is 6.84. The number of rotatable bonds is 0. The van der Waals surface area contributed by atoms with E-state index in [-0.39, 0.29) is 0 Å². The molecule has 1 aliphatic carbocycles. The second-order valence-corrected chi connectivity index (χ2v) is 5.40. The Labute approximate surface area is 114 Å². The zero-order valence-corrected chi connectivity index (χ0v) is 11.4. The zero-order chi connectivity index (χ0) is 13.4. The Morgan fingerprint density at radius 2 is 1.58 bits per heavy atom. The molecule has 0 saturated heterocycles. The molecule has 0 fully saturated rings. The Morgan fingerprint density at radius 1 is 0.895 bits per heavy atom. The van der Waals surface area contributed by atoms with Crippen LogP contribution in [0.1, 0.15) is 30.9 Å². The molecule has 1 nitrogen and oxygen atoms in total. The normalized spacial score (nSPS) is 26.3. The molecule has 2 aromatic carbocycles. The Balaban J connectivity index is 2.46. The first-order chi connectivity index (χ1) is 9.18. The van der Waals surface area contributed by atoms with Gasteiger partial charge in [0.05, 0.1) is 0 Å². The molecule has 19 heavy (non-hydrogen) atoms. The van der Waals surface area contributed by atoms with Gasteiger partial charge in [-0.25, -0.2) is 0 Å². The molecule has 0 saturated carbocycles. The molecule has 0 spiro atoms. The van der Waals surface area contributed by atoms with Gasteiger partial charge in [0.25, 0.3) is 0 Å². The first kappa shape index (κ1) is 12.0. The molecule has 1 heteroatoms. The number of fused-ring (bicyclic) bond motifs is 2. The summed E-state index contributed by atoms with van der Waals surface area (Å²) in [6.07, 6.45) is 2.34. The van der Waals surface area contributed by atoms with Crippen molar-refractivity contribution in [2.24, 2.45) is 11.7 Å². The number of hydrogen-bond donors (Lipinski definition) is 1. The summed E-state index contributed by atoms with van der Waals surface area (Å²) in [5.74, 6) is 0.971. The summed E-state index contributed by atoms with van der Waals surface area (Å²) >= 11 is 0. The summed E-state index contributed by atoms with van der Waals surface area (Å²) in [6, 6.07) is 16.9. The lowest BCUT2D eigenvalue weighted by Gasteiger charge is -2.23. The highest BCUT2D eigenvalue weighted by Gasteiger charge is 2.18. The van der Waals surface area contributed by atoms with Crippen LogP contribution in [0.3, 0.4) is 0 Å². The maximum absolute atomic E-state index is 6.43. The van der Waals surface area contributed by atoms with Crippen molar-refractivity contribution in [1.29, 1.82) is 0 Å². The van der Waals surface area contributed by atoms with E-state index >= 15 is 0 Å². The SMILES string of the molecule is CC1/C=c2/cccc/c2=C(/N)c2ccccc2C1C. The molecule has 96 valence electrons. The number of nitrogens with two attached hydrogens (primary N) is 1. The highest BCUT2D eigenvalue weighted by Crippen LogP contribution is 2.30. The highest BCUT2D eigenvalue weighted by atomic mass is 14.6. The van der Waals surface area contributed by atoms with E-state index in [1.807, 2.05) is 0 Å². The lowest BCUT2D eigenvalue weighted by atomic mass is 9.83. The third-order valence-corrected chi connectivity index (χ3v) is 4.22. The molecule has 0 amide bonds. The van der Waals surface area contributed by atoms with Crippen molar-refractivity contribution < 1.29 is 0 Å². The molecule has 2 N–H and O–H groups in total. The predicted octanol–water partition coefficient (Wildman–Crippen LogP) is 2.34. The summed E-state index contributed by atoms with van der Waals surface area (Å²) < 4.78 is 0. The molecule has 1 aliphatic rings. The number of benzene rings is 2. The van der Waals surface area contributed by atoms with Crippen LogP contribution in [0.2, 0.25) is 0 Å². The Kier molecular flexibility index (Phi) is 2.90. The maximum Gasteiger partial charge on any atom is 0.0470 e. The van der Waals surface area contributed by atoms with Crippen molar-refractivity contribution in [3.05, 3.63) is 70.1 Å². The van der Waals surface area contributed by atoms with Gasteiger partial charge in [0.15, 0.2) is 0 Å². The first-order valence-electron chi connectivity index (χ1n) is 6.84. The van der Waals surface area contributed by atoms with Crippen molar-refractivity contribution >= 4 is 11.8 Å². The summed E-state index contributed by atoms with van der Waals surface area (Å²) in [7, 11) is 0. The third-order valence-electron chi connectivity index (χ3n) is 4.22. The van der Waals surface area contributed by atoms with Gasteiger partial charge >= 0.3 is 0 Å². The van der Waals surface area contributed by atoms with Gasteiger partial charge in [-0.15, -0.1) is 0 Å². The summed E-state index contributed by atoms with van der Waals surface area (Å²) in [4.78, 5) is 0. The summed E-state index contributed by atoms with van der Waals surface area (Å²) in [5, 5.41) is 2.39. The molecule has 0 radical (unpaired) electrons. The van der Waals surface area contributed by atoms with E-state index in [0.717, 1.165) is 10.9 Å². The molecule has 2 aromatic rings. The van der Waals surface area contributed by atoms with Gasteiger partial charge in [-0.1, -0.05) is 68.5 Å². The fourth-order valence-corrected chi connectivity index (χ4v) is 2.88. The Bertz CT molecular complexity index is 727. The van der Waals surface area contributed by atoms with Crippen LogP contribution in [0.4, 0.5) is 0 Å². The van der Waals surface area contributed by atoms with E-state index in [1.54, 1.807) is 0 Å². The molecule has 0 aromatic heterocycles. The summed E-state index contributed by atoms with van der Waals surface area (Å²) in [5.41, 5.74) is 9.85. The van der Waals surface area contributed by atoms with Gasteiger partial charge in [-0.05, 0) is 22.6 Å². The lowest BCUT2D eigenvalue weighted by molar-refractivity contribution is 0.616. The van der Waals surface area contributed by atoms with E-state index < -0.39 is 0 Å². The smallest absolute Gasteiger partial charge is 0.0470 e. The quantitative estimate of drug-likeness (QED) is 0.762. The Hall–Kier alpha value is -2.02. The molecule has 2 unspecified atom stereocenters. The standard InChI is InChI=1S/C18H19N/c1-12-11-14-7-3-4-9-16(14)18(19)17-10-6-5-8-15(17)13(12)2/h3-13H,19H2,1-2H3/b14-11-,18-16-. The van der Waals surface area contributed by atoms with E-state index in [2.05, 4.69) is 68.5 Å². The minimum absolute atomic E-state index is 0.475. The molecular weight excluding hydrogens is 230 g/mol. The van der Waals surface area contributed by atoms with Gasteiger partial charge in [0, 0.05) is 16.5 Å². The topological polar surface area (TPSA) is 26.0 Å². The van der Waals surface area contributed by atoms with Crippen molar-refractivity contribution in [2.75, 3.05) is 0 Å². The monoisotopic (exact) mass is 249 g/mol. The van der Waals surface area contributed by atoms with Gasteiger partial charge in [0.1, 0.15) is 0 Å². The minimum atomic E-state index is 0.475. The highest BCUT2D eigenvalue weighted by molar-refractivity contribution is 5.67. The van der Waals surface area contributed by atoms with E-state index in [4.69, 9.17) is 5.73 Å². The summed E-state index contributed by atoms with van der Waals surface area (Å²) in [6.45, 7) is 4.56.